The van der Waals surface area contributed by atoms with Gasteiger partial charge in [0.25, 0.3) is 5.91 Å². The van der Waals surface area contributed by atoms with Crippen molar-refractivity contribution in [2.24, 2.45) is 0 Å². The zero-order valence-corrected chi connectivity index (χ0v) is 13.5. The number of H-pyrrole nitrogens is 1. The molecule has 2 heterocycles. The molecule has 7 heteroatoms. The van der Waals surface area contributed by atoms with Crippen LogP contribution in [0.1, 0.15) is 35.4 Å². The Balaban J connectivity index is 1.71. The minimum Gasteiger partial charge on any atom is -0.342 e. The summed E-state index contributed by atoms with van der Waals surface area (Å²) in [6.07, 6.45) is 0. The van der Waals surface area contributed by atoms with Gasteiger partial charge in [-0.2, -0.15) is 0 Å². The maximum Gasteiger partial charge on any atom is 0.262 e. The molecule has 3 N–H and O–H groups in total. The highest BCUT2D eigenvalue weighted by Crippen LogP contribution is 2.23. The van der Waals surface area contributed by atoms with Gasteiger partial charge < -0.3 is 15.6 Å². The highest BCUT2D eigenvalue weighted by atomic mass is 32.1. The van der Waals surface area contributed by atoms with Crippen molar-refractivity contribution in [3.8, 4) is 0 Å². The van der Waals surface area contributed by atoms with Gasteiger partial charge in [0.1, 0.15) is 5.82 Å². The van der Waals surface area contributed by atoms with E-state index in [4.69, 9.17) is 0 Å². The van der Waals surface area contributed by atoms with Crippen molar-refractivity contribution in [1.82, 2.24) is 15.3 Å². The van der Waals surface area contributed by atoms with Crippen LogP contribution in [-0.4, -0.2) is 21.8 Å². The summed E-state index contributed by atoms with van der Waals surface area (Å²) in [7, 11) is 0. The number of imidazole rings is 1. The van der Waals surface area contributed by atoms with Gasteiger partial charge >= 0.3 is 0 Å². The molecule has 3 rings (SSSR count). The van der Waals surface area contributed by atoms with Crippen LogP contribution in [-0.2, 0) is 4.79 Å². The van der Waals surface area contributed by atoms with Gasteiger partial charge in [0.05, 0.1) is 27.0 Å². The number of benzene rings is 1. The number of aromatic nitrogens is 2. The third-order valence-corrected chi connectivity index (χ3v) is 4.29. The number of thiophene rings is 1. The fourth-order valence-electron chi connectivity index (χ4n) is 2.21. The second-order valence-corrected chi connectivity index (χ2v) is 6.26. The summed E-state index contributed by atoms with van der Waals surface area (Å²) < 4.78 is 0. The first-order valence-electron chi connectivity index (χ1n) is 7.16. The summed E-state index contributed by atoms with van der Waals surface area (Å²) in [5.74, 6) is 0.354. The van der Waals surface area contributed by atoms with E-state index in [0.717, 1.165) is 11.0 Å². The van der Waals surface area contributed by atoms with Gasteiger partial charge in [-0.05, 0) is 31.2 Å². The van der Waals surface area contributed by atoms with Gasteiger partial charge in [-0.25, -0.2) is 4.98 Å². The third kappa shape index (κ3) is 3.40. The van der Waals surface area contributed by atoms with E-state index >= 15 is 0 Å². The third-order valence-electron chi connectivity index (χ3n) is 3.29. The molecule has 23 heavy (non-hydrogen) atoms. The molecule has 2 amide bonds. The first-order chi connectivity index (χ1) is 11.0. The Morgan fingerprint density at radius 2 is 2.00 bits per heavy atom. The number of anilines is 1. The van der Waals surface area contributed by atoms with Crippen LogP contribution in [0.4, 0.5) is 5.00 Å². The lowest BCUT2D eigenvalue weighted by Crippen LogP contribution is -2.26. The molecule has 6 nitrogen and oxygen atoms in total. The molecule has 0 saturated carbocycles. The van der Waals surface area contributed by atoms with Crippen LogP contribution in [0.2, 0.25) is 0 Å². The number of amides is 2. The van der Waals surface area contributed by atoms with Crippen molar-refractivity contribution in [3.05, 3.63) is 47.1 Å². The Morgan fingerprint density at radius 3 is 2.74 bits per heavy atom. The molecule has 2 aromatic heterocycles. The van der Waals surface area contributed by atoms with Gasteiger partial charge in [0, 0.05) is 6.92 Å². The molecule has 1 aromatic carbocycles. The summed E-state index contributed by atoms with van der Waals surface area (Å²) in [6, 6.07) is 10.9. The van der Waals surface area contributed by atoms with Crippen molar-refractivity contribution >= 4 is 39.2 Å². The van der Waals surface area contributed by atoms with E-state index in [9.17, 15) is 9.59 Å². The quantitative estimate of drug-likeness (QED) is 0.688. The van der Waals surface area contributed by atoms with Crippen molar-refractivity contribution in [2.75, 3.05) is 5.32 Å². The number of nitrogens with one attached hydrogen (secondary N) is 3. The van der Waals surface area contributed by atoms with Crippen molar-refractivity contribution in [2.45, 2.75) is 19.9 Å². The van der Waals surface area contributed by atoms with Gasteiger partial charge in [0.15, 0.2) is 0 Å². The zero-order chi connectivity index (χ0) is 16.4. The highest BCUT2D eigenvalue weighted by molar-refractivity contribution is 7.18. The van der Waals surface area contributed by atoms with Crippen molar-refractivity contribution < 1.29 is 9.59 Å². The number of hydrogen-bond acceptors (Lipinski definition) is 4. The Labute approximate surface area is 136 Å². The summed E-state index contributed by atoms with van der Waals surface area (Å²) in [5.41, 5.74) is 1.81. The minimum atomic E-state index is -0.249. The predicted molar refractivity (Wildman–Crippen MR) is 90.6 cm³/mol. The molecule has 0 aliphatic carbocycles. The number of aromatic amines is 1. The van der Waals surface area contributed by atoms with Crippen LogP contribution in [0.15, 0.2) is 36.4 Å². The maximum absolute atomic E-state index is 12.3. The lowest BCUT2D eigenvalue weighted by Gasteiger charge is -2.10. The molecule has 0 unspecified atom stereocenters. The average molecular weight is 328 g/mol. The Morgan fingerprint density at radius 1 is 1.22 bits per heavy atom. The maximum atomic E-state index is 12.3. The number of nitrogens with zero attached hydrogens (tertiary/aromatic N) is 1. The fourth-order valence-corrected chi connectivity index (χ4v) is 3.07. The first-order valence-corrected chi connectivity index (χ1v) is 7.97. The van der Waals surface area contributed by atoms with E-state index in [-0.39, 0.29) is 17.9 Å². The second kappa shape index (κ2) is 6.21. The van der Waals surface area contributed by atoms with Crippen molar-refractivity contribution in [3.63, 3.8) is 0 Å². The number of hydrogen-bond donors (Lipinski definition) is 3. The largest absolute Gasteiger partial charge is 0.342 e. The van der Waals surface area contributed by atoms with Crippen LogP contribution in [0.3, 0.4) is 0 Å². The van der Waals surface area contributed by atoms with Crippen LogP contribution >= 0.6 is 11.3 Å². The lowest BCUT2D eigenvalue weighted by atomic mass is 10.3. The van der Waals surface area contributed by atoms with E-state index in [1.165, 1.54) is 18.3 Å². The van der Waals surface area contributed by atoms with E-state index in [0.29, 0.717) is 15.7 Å². The predicted octanol–water partition coefficient (Wildman–Crippen LogP) is 3.07. The van der Waals surface area contributed by atoms with Crippen molar-refractivity contribution in [1.29, 1.82) is 0 Å². The summed E-state index contributed by atoms with van der Waals surface area (Å²) in [4.78, 5) is 31.5. The van der Waals surface area contributed by atoms with E-state index in [2.05, 4.69) is 20.6 Å². The lowest BCUT2D eigenvalue weighted by molar-refractivity contribution is -0.114. The van der Waals surface area contributed by atoms with Gasteiger partial charge in [-0.1, -0.05) is 12.1 Å². The molecule has 0 aliphatic heterocycles. The number of para-hydroxylation sites is 2. The van der Waals surface area contributed by atoms with Crippen LogP contribution in [0, 0.1) is 0 Å². The standard InChI is InChI=1S/C16H16N4O2S/c1-9(15-19-11-5-3-4-6-12(11)20-15)17-16(22)13-7-8-14(23-13)18-10(2)21/h3-9H,1-2H3,(H,17,22)(H,18,21)(H,19,20)/t9-/m0/s1. The molecule has 118 valence electrons. The molecule has 0 aliphatic rings. The molecule has 0 bridgehead atoms. The zero-order valence-electron chi connectivity index (χ0n) is 12.7. The SMILES string of the molecule is CC(=O)Nc1ccc(C(=O)N[C@@H](C)c2nc3ccccc3[nH]2)s1. The Kier molecular flexibility index (Phi) is 4.12. The molecular weight excluding hydrogens is 312 g/mol. The molecule has 0 spiro atoms. The summed E-state index contributed by atoms with van der Waals surface area (Å²) >= 11 is 1.24. The fraction of sp³-hybridized carbons (Fsp3) is 0.188. The number of fused-ring (bicyclic) bond motifs is 1. The molecule has 1 atom stereocenters. The van der Waals surface area contributed by atoms with Gasteiger partial charge in [-0.15, -0.1) is 11.3 Å². The monoisotopic (exact) mass is 328 g/mol. The van der Waals surface area contributed by atoms with Gasteiger partial charge in [0.2, 0.25) is 5.91 Å². The molecule has 0 radical (unpaired) electrons. The van der Waals surface area contributed by atoms with Crippen LogP contribution in [0.25, 0.3) is 11.0 Å². The minimum absolute atomic E-state index is 0.158. The summed E-state index contributed by atoms with van der Waals surface area (Å²) in [5, 5.41) is 6.22. The number of rotatable bonds is 4. The normalized spacial score (nSPS) is 12.1. The van der Waals surface area contributed by atoms with Crippen LogP contribution in [0.5, 0.6) is 0 Å². The average Bonchev–Trinajstić information content (AvgIpc) is 3.12. The number of carbonyl (C=O) groups excluding carboxylic acids is 2. The Bertz CT molecular complexity index is 835. The highest BCUT2D eigenvalue weighted by Gasteiger charge is 2.16. The van der Waals surface area contributed by atoms with E-state index in [1.807, 2.05) is 31.2 Å². The molecule has 0 fully saturated rings. The molecule has 3 aromatic rings. The topological polar surface area (TPSA) is 86.9 Å². The van der Waals surface area contributed by atoms with E-state index in [1.54, 1.807) is 12.1 Å². The van der Waals surface area contributed by atoms with E-state index < -0.39 is 0 Å². The summed E-state index contributed by atoms with van der Waals surface area (Å²) in [6.45, 7) is 3.31. The van der Waals surface area contributed by atoms with Crippen LogP contribution < -0.4 is 10.6 Å². The van der Waals surface area contributed by atoms with Gasteiger partial charge in [-0.3, -0.25) is 9.59 Å². The second-order valence-electron chi connectivity index (χ2n) is 5.18. The number of carbonyl (C=O) groups is 2. The smallest absolute Gasteiger partial charge is 0.262 e. The molecule has 0 saturated heterocycles. The first kappa shape index (κ1) is 15.2. The molecular formula is C16H16N4O2S. The Hall–Kier alpha value is -2.67.